The second-order valence-corrected chi connectivity index (χ2v) is 10.8. The molecule has 4 rings (SSSR count). The second kappa shape index (κ2) is 11.2. The Kier molecular flexibility index (Phi) is 8.57. The number of halogens is 1. The highest BCUT2D eigenvalue weighted by Crippen LogP contribution is 2.44. The van der Waals surface area contributed by atoms with Crippen LogP contribution in [0, 0.1) is 0 Å². The lowest BCUT2D eigenvalue weighted by molar-refractivity contribution is -0.139. The molecule has 34 heavy (non-hydrogen) atoms. The number of alkyl carbamates (subject to hydrolysis) is 1. The zero-order valence-electron chi connectivity index (χ0n) is 18.7. The summed E-state index contributed by atoms with van der Waals surface area (Å²) >= 11 is 0. The Balaban J connectivity index is 0.00000324. The van der Waals surface area contributed by atoms with Gasteiger partial charge in [-0.3, -0.25) is 0 Å². The smallest absolute Gasteiger partial charge is 0.407 e. The van der Waals surface area contributed by atoms with E-state index in [1.165, 1.54) is 0 Å². The molecule has 184 valence electrons. The monoisotopic (exact) mass is 508 g/mol. The predicted molar refractivity (Wildman–Crippen MR) is 131 cm³/mol. The van der Waals surface area contributed by atoms with Crippen molar-refractivity contribution in [2.75, 3.05) is 37.7 Å². The molecule has 0 bridgehead atoms. The lowest BCUT2D eigenvalue weighted by Crippen LogP contribution is -2.43. The molecule has 1 amide bonds. The molecule has 1 heterocycles. The van der Waals surface area contributed by atoms with Gasteiger partial charge in [-0.15, -0.1) is 12.4 Å². The van der Waals surface area contributed by atoms with Gasteiger partial charge < -0.3 is 20.1 Å². The van der Waals surface area contributed by atoms with E-state index in [-0.39, 0.29) is 42.9 Å². The van der Waals surface area contributed by atoms with E-state index >= 15 is 0 Å². The maximum atomic E-state index is 12.4. The van der Waals surface area contributed by atoms with Crippen LogP contribution in [0.2, 0.25) is 0 Å². The molecular formula is C24H29ClN2O6S. The van der Waals surface area contributed by atoms with Crippen LogP contribution in [0.25, 0.3) is 11.1 Å². The van der Waals surface area contributed by atoms with Crippen LogP contribution in [0.3, 0.4) is 0 Å². The Morgan fingerprint density at radius 3 is 2.15 bits per heavy atom. The lowest BCUT2D eigenvalue weighted by Gasteiger charge is -2.26. The van der Waals surface area contributed by atoms with Crippen LogP contribution < -0.4 is 5.32 Å². The number of nitrogens with zero attached hydrogens (tertiary/aromatic N) is 1. The third-order valence-electron chi connectivity index (χ3n) is 6.34. The Labute approximate surface area is 205 Å². The fourth-order valence-electron chi connectivity index (χ4n) is 4.53. The van der Waals surface area contributed by atoms with Crippen molar-refractivity contribution in [1.29, 1.82) is 0 Å². The zero-order chi connectivity index (χ0) is 23.4. The summed E-state index contributed by atoms with van der Waals surface area (Å²) in [6.45, 7) is 1.62. The maximum absolute atomic E-state index is 12.4. The van der Waals surface area contributed by atoms with Crippen LogP contribution in [-0.2, 0) is 19.4 Å². The van der Waals surface area contributed by atoms with E-state index in [0.29, 0.717) is 26.1 Å². The van der Waals surface area contributed by atoms with E-state index in [0.717, 1.165) is 22.3 Å². The van der Waals surface area contributed by atoms with Gasteiger partial charge in [-0.25, -0.2) is 18.0 Å². The molecule has 1 atom stereocenters. The zero-order valence-corrected chi connectivity index (χ0v) is 20.3. The number of sulfone groups is 1. The maximum Gasteiger partial charge on any atom is 0.407 e. The van der Waals surface area contributed by atoms with Gasteiger partial charge in [0.2, 0.25) is 0 Å². The Hall–Kier alpha value is -2.62. The molecule has 0 saturated carbocycles. The average molecular weight is 509 g/mol. The molecule has 2 aromatic carbocycles. The molecule has 2 aromatic rings. The van der Waals surface area contributed by atoms with E-state index in [1.54, 1.807) is 0 Å². The SMILES string of the molecule is Cl.O=C(N[C@@H](CCCN1CCS(=O)(=O)CC1)C(=O)O)OCC1c2ccccc2-c2ccccc21. The van der Waals surface area contributed by atoms with Crippen molar-refractivity contribution in [3.63, 3.8) is 0 Å². The van der Waals surface area contributed by atoms with Crippen LogP contribution >= 0.6 is 12.4 Å². The summed E-state index contributed by atoms with van der Waals surface area (Å²) in [6.07, 6.45) is 0.0111. The minimum atomic E-state index is -2.95. The summed E-state index contributed by atoms with van der Waals surface area (Å²) in [5.41, 5.74) is 4.42. The van der Waals surface area contributed by atoms with E-state index in [4.69, 9.17) is 4.74 Å². The molecular weight excluding hydrogens is 480 g/mol. The number of nitrogens with one attached hydrogen (secondary N) is 1. The molecule has 2 N–H and O–H groups in total. The summed E-state index contributed by atoms with van der Waals surface area (Å²) in [7, 11) is -2.95. The number of rotatable bonds is 8. The van der Waals surface area contributed by atoms with Gasteiger partial charge in [-0.1, -0.05) is 48.5 Å². The van der Waals surface area contributed by atoms with Gasteiger partial charge in [-0.2, -0.15) is 0 Å². The van der Waals surface area contributed by atoms with Gasteiger partial charge in [0, 0.05) is 19.0 Å². The van der Waals surface area contributed by atoms with Crippen molar-refractivity contribution >= 4 is 34.3 Å². The number of hydrogen-bond donors (Lipinski definition) is 2. The number of fused-ring (bicyclic) bond motifs is 3. The molecule has 1 fully saturated rings. The standard InChI is InChI=1S/C24H28N2O6S.ClH/c27-23(28)22(10-5-11-26-12-14-33(30,31)15-13-26)25-24(29)32-16-21-19-8-3-1-6-17(19)18-7-2-4-9-20(18)21;/h1-4,6-9,21-22H,5,10-16H2,(H,25,29)(H,27,28);1H/t22-;/m0./s1. The molecule has 1 aliphatic carbocycles. The van der Waals surface area contributed by atoms with Crippen LogP contribution in [0.4, 0.5) is 4.79 Å². The van der Waals surface area contributed by atoms with Crippen molar-refractivity contribution < 1.29 is 27.9 Å². The number of carboxylic acids is 1. The van der Waals surface area contributed by atoms with Crippen molar-refractivity contribution in [2.24, 2.45) is 0 Å². The van der Waals surface area contributed by atoms with E-state index in [9.17, 15) is 23.1 Å². The number of hydrogen-bond acceptors (Lipinski definition) is 6. The first-order valence-corrected chi connectivity index (χ1v) is 12.9. The summed E-state index contributed by atoms with van der Waals surface area (Å²) in [5, 5.41) is 12.0. The van der Waals surface area contributed by atoms with Gasteiger partial charge in [0.25, 0.3) is 0 Å². The van der Waals surface area contributed by atoms with Crippen LogP contribution in [0.5, 0.6) is 0 Å². The number of carboxylic acid groups (broad SMARTS) is 1. The van der Waals surface area contributed by atoms with Crippen LogP contribution in [-0.4, -0.2) is 74.3 Å². The number of carbonyl (C=O) groups is 2. The fraction of sp³-hybridized carbons (Fsp3) is 0.417. The minimum absolute atomic E-state index is 0. The highest BCUT2D eigenvalue weighted by atomic mass is 35.5. The van der Waals surface area contributed by atoms with Gasteiger partial charge in [0.15, 0.2) is 9.84 Å². The van der Waals surface area contributed by atoms with Crippen molar-refractivity contribution in [2.45, 2.75) is 24.8 Å². The normalized spacial score (nSPS) is 17.6. The highest BCUT2D eigenvalue weighted by molar-refractivity contribution is 7.91. The molecule has 0 unspecified atom stereocenters. The van der Waals surface area contributed by atoms with E-state index in [1.807, 2.05) is 53.4 Å². The number of amides is 1. The van der Waals surface area contributed by atoms with Gasteiger partial charge in [0.05, 0.1) is 11.5 Å². The van der Waals surface area contributed by atoms with Gasteiger partial charge in [-0.05, 0) is 41.6 Å². The highest BCUT2D eigenvalue weighted by Gasteiger charge is 2.30. The Bertz CT molecular complexity index is 1080. The first kappa shape index (κ1) is 26.0. The summed E-state index contributed by atoms with van der Waals surface area (Å²) in [5.74, 6) is -0.952. The number of carbonyl (C=O) groups excluding carboxylic acids is 1. The number of aliphatic carboxylic acids is 1. The number of ether oxygens (including phenoxy) is 1. The Morgan fingerprint density at radius 2 is 1.59 bits per heavy atom. The Morgan fingerprint density at radius 1 is 1.03 bits per heavy atom. The summed E-state index contributed by atoms with van der Waals surface area (Å²) < 4.78 is 28.5. The molecule has 10 heteroatoms. The molecule has 0 aromatic heterocycles. The first-order chi connectivity index (χ1) is 15.8. The van der Waals surface area contributed by atoms with Crippen LogP contribution in [0.1, 0.15) is 29.9 Å². The van der Waals surface area contributed by atoms with Crippen molar-refractivity contribution in [3.05, 3.63) is 59.7 Å². The number of benzene rings is 2. The third-order valence-corrected chi connectivity index (χ3v) is 7.95. The minimum Gasteiger partial charge on any atom is -0.480 e. The average Bonchev–Trinajstić information content (AvgIpc) is 3.12. The largest absolute Gasteiger partial charge is 0.480 e. The molecule has 1 saturated heterocycles. The second-order valence-electron chi connectivity index (χ2n) is 8.50. The van der Waals surface area contributed by atoms with Crippen molar-refractivity contribution in [1.82, 2.24) is 10.2 Å². The topological polar surface area (TPSA) is 113 Å². The summed E-state index contributed by atoms with van der Waals surface area (Å²) in [4.78, 5) is 26.0. The predicted octanol–water partition coefficient (Wildman–Crippen LogP) is 2.91. The molecule has 0 radical (unpaired) electrons. The first-order valence-electron chi connectivity index (χ1n) is 11.1. The van der Waals surface area contributed by atoms with E-state index in [2.05, 4.69) is 5.32 Å². The third kappa shape index (κ3) is 6.08. The lowest BCUT2D eigenvalue weighted by atomic mass is 9.98. The quantitative estimate of drug-likeness (QED) is 0.563. The molecule has 2 aliphatic rings. The van der Waals surface area contributed by atoms with E-state index < -0.39 is 27.9 Å². The van der Waals surface area contributed by atoms with Gasteiger partial charge >= 0.3 is 12.1 Å². The fourth-order valence-corrected chi connectivity index (χ4v) is 5.81. The summed E-state index contributed by atoms with van der Waals surface area (Å²) in [6, 6.07) is 14.9. The molecule has 1 aliphatic heterocycles. The van der Waals surface area contributed by atoms with Gasteiger partial charge in [0.1, 0.15) is 12.6 Å². The van der Waals surface area contributed by atoms with Crippen molar-refractivity contribution in [3.8, 4) is 11.1 Å². The molecule has 0 spiro atoms. The molecule has 8 nitrogen and oxygen atoms in total. The van der Waals surface area contributed by atoms with Crippen LogP contribution in [0.15, 0.2) is 48.5 Å².